The van der Waals surface area contributed by atoms with Crippen molar-refractivity contribution in [2.24, 2.45) is 5.73 Å². The van der Waals surface area contributed by atoms with E-state index in [9.17, 15) is 9.18 Å². The van der Waals surface area contributed by atoms with E-state index in [1.807, 2.05) is 0 Å². The van der Waals surface area contributed by atoms with Crippen molar-refractivity contribution in [1.82, 2.24) is 4.98 Å². The predicted octanol–water partition coefficient (Wildman–Crippen LogP) is 1.45. The van der Waals surface area contributed by atoms with Gasteiger partial charge in [-0.05, 0) is 18.2 Å². The summed E-state index contributed by atoms with van der Waals surface area (Å²) in [5.41, 5.74) is 5.95. The average molecular weight is 192 g/mol. The number of hydrogen-bond donors (Lipinski definition) is 2. The third-order valence-electron chi connectivity index (χ3n) is 2.13. The Morgan fingerprint density at radius 3 is 3.00 bits per heavy atom. The maximum atomic E-state index is 13.3. The first-order valence-corrected chi connectivity index (χ1v) is 4.22. The van der Waals surface area contributed by atoms with Gasteiger partial charge in [-0.3, -0.25) is 4.79 Å². The van der Waals surface area contributed by atoms with Crippen LogP contribution in [0.1, 0.15) is 10.4 Å². The molecule has 0 radical (unpaired) electrons. The fourth-order valence-corrected chi connectivity index (χ4v) is 1.40. The molecule has 4 heteroatoms. The molecule has 0 bridgehead atoms. The summed E-state index contributed by atoms with van der Waals surface area (Å²) in [6.07, 6.45) is 1.70. The number of fused-ring (bicyclic) bond motifs is 1. The van der Waals surface area contributed by atoms with Crippen LogP contribution in [0, 0.1) is 5.82 Å². The molecule has 1 heterocycles. The van der Waals surface area contributed by atoms with Gasteiger partial charge in [0, 0.05) is 17.1 Å². The first kappa shape index (κ1) is 8.90. The number of rotatable bonds is 2. The highest BCUT2D eigenvalue weighted by Crippen LogP contribution is 2.18. The van der Waals surface area contributed by atoms with Crippen LogP contribution in [0.15, 0.2) is 24.4 Å². The molecule has 3 nitrogen and oxygen atoms in total. The van der Waals surface area contributed by atoms with Gasteiger partial charge in [0.2, 0.25) is 0 Å². The van der Waals surface area contributed by atoms with Crippen LogP contribution in [0.4, 0.5) is 4.39 Å². The highest BCUT2D eigenvalue weighted by atomic mass is 19.1. The summed E-state index contributed by atoms with van der Waals surface area (Å²) in [6, 6.07) is 4.56. The maximum absolute atomic E-state index is 13.3. The number of hydrogen-bond acceptors (Lipinski definition) is 2. The normalized spacial score (nSPS) is 10.7. The second-order valence-corrected chi connectivity index (χ2v) is 3.02. The Kier molecular flexibility index (Phi) is 2.05. The van der Waals surface area contributed by atoms with Crippen LogP contribution in [0.5, 0.6) is 0 Å². The Balaban J connectivity index is 2.64. The molecule has 0 saturated carbocycles. The minimum Gasteiger partial charge on any atom is -0.361 e. The molecule has 0 fully saturated rings. The number of ketones is 1. The number of carbonyl (C=O) groups is 1. The first-order chi connectivity index (χ1) is 6.72. The van der Waals surface area contributed by atoms with E-state index in [0.717, 1.165) is 10.9 Å². The average Bonchev–Trinajstić information content (AvgIpc) is 2.62. The third-order valence-corrected chi connectivity index (χ3v) is 2.13. The molecule has 0 saturated heterocycles. The SMILES string of the molecule is NCC(=O)c1cc2[nH]ccc2cc1F. The zero-order valence-corrected chi connectivity index (χ0v) is 7.38. The quantitative estimate of drug-likeness (QED) is 0.707. The minimum absolute atomic E-state index is 0.0439. The van der Waals surface area contributed by atoms with E-state index < -0.39 is 5.82 Å². The Bertz CT molecular complexity index is 490. The lowest BCUT2D eigenvalue weighted by Gasteiger charge is -2.00. The third kappa shape index (κ3) is 1.29. The second kappa shape index (κ2) is 3.23. The number of nitrogens with two attached hydrogens (primary N) is 1. The highest BCUT2D eigenvalue weighted by Gasteiger charge is 2.11. The summed E-state index contributed by atoms with van der Waals surface area (Å²) >= 11 is 0. The first-order valence-electron chi connectivity index (χ1n) is 4.22. The largest absolute Gasteiger partial charge is 0.361 e. The van der Waals surface area contributed by atoms with E-state index >= 15 is 0 Å². The van der Waals surface area contributed by atoms with Crippen molar-refractivity contribution < 1.29 is 9.18 Å². The molecule has 14 heavy (non-hydrogen) atoms. The van der Waals surface area contributed by atoms with Crippen molar-refractivity contribution in [3.63, 3.8) is 0 Å². The van der Waals surface area contributed by atoms with Crippen molar-refractivity contribution >= 4 is 16.7 Å². The molecule has 0 aliphatic rings. The smallest absolute Gasteiger partial charge is 0.179 e. The van der Waals surface area contributed by atoms with Crippen LogP contribution in [-0.2, 0) is 0 Å². The summed E-state index contributed by atoms with van der Waals surface area (Å²) in [7, 11) is 0. The summed E-state index contributed by atoms with van der Waals surface area (Å²) in [5, 5.41) is 0.746. The molecular formula is C10H9FN2O. The molecule has 0 unspecified atom stereocenters. The predicted molar refractivity (Wildman–Crippen MR) is 51.6 cm³/mol. The van der Waals surface area contributed by atoms with Gasteiger partial charge in [0.25, 0.3) is 0 Å². The van der Waals surface area contributed by atoms with Gasteiger partial charge in [0.1, 0.15) is 5.82 Å². The molecular weight excluding hydrogens is 183 g/mol. The van der Waals surface area contributed by atoms with Crippen molar-refractivity contribution in [1.29, 1.82) is 0 Å². The summed E-state index contributed by atoms with van der Waals surface area (Å²) < 4.78 is 13.3. The second-order valence-electron chi connectivity index (χ2n) is 3.02. The van der Waals surface area contributed by atoms with E-state index in [0.29, 0.717) is 0 Å². The van der Waals surface area contributed by atoms with Gasteiger partial charge < -0.3 is 10.7 Å². The lowest BCUT2D eigenvalue weighted by molar-refractivity contribution is 0.0997. The molecule has 3 N–H and O–H groups in total. The zero-order valence-electron chi connectivity index (χ0n) is 7.38. The van der Waals surface area contributed by atoms with E-state index in [4.69, 9.17) is 5.73 Å². The van der Waals surface area contributed by atoms with Crippen molar-refractivity contribution in [2.45, 2.75) is 0 Å². The van der Waals surface area contributed by atoms with Gasteiger partial charge in [-0.2, -0.15) is 0 Å². The number of H-pyrrole nitrogens is 1. The molecule has 0 spiro atoms. The van der Waals surface area contributed by atoms with E-state index in [-0.39, 0.29) is 17.9 Å². The molecule has 0 atom stereocenters. The number of aromatic amines is 1. The fraction of sp³-hybridized carbons (Fsp3) is 0.100. The van der Waals surface area contributed by atoms with Crippen LogP contribution in [-0.4, -0.2) is 17.3 Å². The number of carbonyl (C=O) groups excluding carboxylic acids is 1. The van der Waals surface area contributed by atoms with Gasteiger partial charge in [-0.1, -0.05) is 0 Å². The van der Waals surface area contributed by atoms with E-state index in [1.165, 1.54) is 12.1 Å². The molecule has 0 aliphatic heterocycles. The van der Waals surface area contributed by atoms with Gasteiger partial charge in [-0.15, -0.1) is 0 Å². The minimum atomic E-state index is -0.521. The summed E-state index contributed by atoms with van der Waals surface area (Å²) in [5.74, 6) is -0.911. The summed E-state index contributed by atoms with van der Waals surface area (Å²) in [4.78, 5) is 14.1. The topological polar surface area (TPSA) is 58.9 Å². The molecule has 72 valence electrons. The van der Waals surface area contributed by atoms with Crippen molar-refractivity contribution in [3.8, 4) is 0 Å². The van der Waals surface area contributed by atoms with Crippen LogP contribution >= 0.6 is 0 Å². The zero-order chi connectivity index (χ0) is 10.1. The molecule has 1 aromatic heterocycles. The van der Waals surface area contributed by atoms with Crippen LogP contribution in [0.25, 0.3) is 10.9 Å². The number of halogens is 1. The van der Waals surface area contributed by atoms with Gasteiger partial charge in [0.15, 0.2) is 5.78 Å². The van der Waals surface area contributed by atoms with Crippen LogP contribution in [0.2, 0.25) is 0 Å². The Morgan fingerprint density at radius 1 is 1.50 bits per heavy atom. The molecule has 2 rings (SSSR count). The van der Waals surface area contributed by atoms with E-state index in [2.05, 4.69) is 4.98 Å². The lowest BCUT2D eigenvalue weighted by atomic mass is 10.1. The number of benzene rings is 1. The molecule has 0 amide bonds. The molecule has 0 aliphatic carbocycles. The maximum Gasteiger partial charge on any atom is 0.179 e. The Hall–Kier alpha value is -1.68. The summed E-state index contributed by atoms with van der Waals surface area (Å²) in [6.45, 7) is -0.177. The highest BCUT2D eigenvalue weighted by molar-refractivity contribution is 6.00. The monoisotopic (exact) mass is 192 g/mol. The number of Topliss-reactive ketones (excluding diaryl/α,β-unsaturated/α-hetero) is 1. The van der Waals surface area contributed by atoms with E-state index in [1.54, 1.807) is 12.3 Å². The van der Waals surface area contributed by atoms with Gasteiger partial charge in [-0.25, -0.2) is 4.39 Å². The van der Waals surface area contributed by atoms with Crippen molar-refractivity contribution in [2.75, 3.05) is 6.54 Å². The van der Waals surface area contributed by atoms with Gasteiger partial charge >= 0.3 is 0 Å². The van der Waals surface area contributed by atoms with Crippen molar-refractivity contribution in [3.05, 3.63) is 35.8 Å². The van der Waals surface area contributed by atoms with Crippen LogP contribution in [0.3, 0.4) is 0 Å². The van der Waals surface area contributed by atoms with Crippen LogP contribution < -0.4 is 5.73 Å². The Morgan fingerprint density at radius 2 is 2.29 bits per heavy atom. The number of nitrogens with one attached hydrogen (secondary N) is 1. The number of aromatic nitrogens is 1. The molecule has 1 aromatic carbocycles. The lowest BCUT2D eigenvalue weighted by Crippen LogP contribution is -2.15. The fourth-order valence-electron chi connectivity index (χ4n) is 1.40. The van der Waals surface area contributed by atoms with Gasteiger partial charge in [0.05, 0.1) is 12.1 Å². The Labute approximate surface area is 79.7 Å². The molecule has 2 aromatic rings. The standard InChI is InChI=1S/C10H9FN2O/c11-8-3-6-1-2-13-9(6)4-7(8)10(14)5-12/h1-4,13H,5,12H2.